The van der Waals surface area contributed by atoms with Crippen molar-refractivity contribution in [3.8, 4) is 17.0 Å². The maximum Gasteiger partial charge on any atom is 0.269 e. The number of rotatable bonds is 5. The van der Waals surface area contributed by atoms with Gasteiger partial charge < -0.3 is 14.5 Å². The zero-order valence-corrected chi connectivity index (χ0v) is 18.2. The quantitative estimate of drug-likeness (QED) is 0.334. The second kappa shape index (κ2) is 8.39. The number of anilines is 2. The van der Waals surface area contributed by atoms with Gasteiger partial charge in [-0.15, -0.1) is 0 Å². The number of hydrogen-bond acceptors (Lipinski definition) is 9. The highest BCUT2D eigenvalue weighted by atomic mass is 32.1. The van der Waals surface area contributed by atoms with Crippen LogP contribution < -0.4 is 14.5 Å². The molecule has 32 heavy (non-hydrogen) atoms. The first-order valence-electron chi connectivity index (χ1n) is 10.1. The lowest BCUT2D eigenvalue weighted by molar-refractivity contribution is -0.384. The number of fused-ring (bicyclic) bond motifs is 1. The highest BCUT2D eigenvalue weighted by Crippen LogP contribution is 2.35. The molecule has 4 aromatic rings. The average Bonchev–Trinajstić information content (AvgIpc) is 3.29. The largest absolute Gasteiger partial charge is 0.497 e. The fourth-order valence-corrected chi connectivity index (χ4v) is 4.75. The lowest BCUT2D eigenvalue weighted by Gasteiger charge is -2.36. The van der Waals surface area contributed by atoms with E-state index in [4.69, 9.17) is 4.74 Å². The first kappa shape index (κ1) is 20.1. The van der Waals surface area contributed by atoms with Crippen molar-refractivity contribution >= 4 is 38.9 Å². The summed E-state index contributed by atoms with van der Waals surface area (Å²) in [5.74, 6) is 1.70. The predicted molar refractivity (Wildman–Crippen MR) is 125 cm³/mol. The van der Waals surface area contributed by atoms with Crippen LogP contribution in [0.5, 0.6) is 5.75 Å². The summed E-state index contributed by atoms with van der Waals surface area (Å²) in [5, 5.41) is 10.9. The van der Waals surface area contributed by atoms with Gasteiger partial charge in [0, 0.05) is 49.6 Å². The highest BCUT2D eigenvalue weighted by molar-refractivity contribution is 7.14. The molecule has 1 fully saturated rings. The van der Waals surface area contributed by atoms with E-state index in [1.807, 2.05) is 24.3 Å². The van der Waals surface area contributed by atoms with Gasteiger partial charge in [0.2, 0.25) is 0 Å². The Bertz CT molecular complexity index is 1250. The van der Waals surface area contributed by atoms with Crippen LogP contribution in [-0.2, 0) is 0 Å². The summed E-state index contributed by atoms with van der Waals surface area (Å²) in [6, 6.07) is 14.5. The van der Waals surface area contributed by atoms with E-state index in [1.165, 1.54) is 11.5 Å². The second-order valence-corrected chi connectivity index (χ2v) is 8.16. The van der Waals surface area contributed by atoms with Gasteiger partial charge in [0.1, 0.15) is 28.0 Å². The predicted octanol–water partition coefficient (Wildman–Crippen LogP) is 4.00. The lowest BCUT2D eigenvalue weighted by Crippen LogP contribution is -2.46. The Morgan fingerprint density at radius 2 is 1.66 bits per heavy atom. The summed E-state index contributed by atoms with van der Waals surface area (Å²) < 4.78 is 10.9. The SMILES string of the molecule is COc1ccc(-c2nsc3c(N4CCN(c5ccc([N+](=O)[O-])cc5)CC4)ncnc23)cc1. The minimum Gasteiger partial charge on any atom is -0.497 e. The summed E-state index contributed by atoms with van der Waals surface area (Å²) in [6.07, 6.45) is 1.60. The Labute approximate surface area is 188 Å². The van der Waals surface area contributed by atoms with E-state index in [0.717, 1.165) is 64.9 Å². The van der Waals surface area contributed by atoms with E-state index >= 15 is 0 Å². The molecule has 3 heterocycles. The second-order valence-electron chi connectivity index (χ2n) is 7.38. The standard InChI is InChI=1S/C22H20N6O3S/c1-31-18-8-2-15(3-9-18)19-20-21(32-25-19)22(24-14-23-20)27-12-10-26(11-13-27)16-4-6-17(7-5-16)28(29)30/h2-9,14H,10-13H2,1H3. The van der Waals surface area contributed by atoms with Crippen LogP contribution in [0.15, 0.2) is 54.9 Å². The number of hydrogen-bond donors (Lipinski definition) is 0. The number of ether oxygens (including phenoxy) is 1. The van der Waals surface area contributed by atoms with Crippen molar-refractivity contribution in [2.45, 2.75) is 0 Å². The minimum atomic E-state index is -0.378. The van der Waals surface area contributed by atoms with Gasteiger partial charge in [0.05, 0.1) is 12.0 Å². The number of benzene rings is 2. The fraction of sp³-hybridized carbons (Fsp3) is 0.227. The maximum absolute atomic E-state index is 10.9. The molecule has 0 N–H and O–H groups in total. The van der Waals surface area contributed by atoms with Gasteiger partial charge in [-0.25, -0.2) is 9.97 Å². The molecule has 0 atom stereocenters. The Morgan fingerprint density at radius 3 is 2.31 bits per heavy atom. The van der Waals surface area contributed by atoms with Crippen molar-refractivity contribution < 1.29 is 9.66 Å². The van der Waals surface area contributed by atoms with Crippen LogP contribution in [-0.4, -0.2) is 52.6 Å². The van der Waals surface area contributed by atoms with Gasteiger partial charge in [-0.1, -0.05) is 0 Å². The first-order chi connectivity index (χ1) is 15.6. The summed E-state index contributed by atoms with van der Waals surface area (Å²) in [4.78, 5) is 24.1. The Kier molecular flexibility index (Phi) is 5.28. The molecule has 10 heteroatoms. The Hall–Kier alpha value is -3.79. The highest BCUT2D eigenvalue weighted by Gasteiger charge is 2.23. The van der Waals surface area contributed by atoms with E-state index in [1.54, 1.807) is 37.7 Å². The van der Waals surface area contributed by atoms with Gasteiger partial charge in [0.25, 0.3) is 5.69 Å². The number of piperazine rings is 1. The number of methoxy groups -OCH3 is 1. The zero-order valence-electron chi connectivity index (χ0n) is 17.3. The molecular formula is C22H20N6O3S. The summed E-state index contributed by atoms with van der Waals surface area (Å²) in [5.41, 5.74) is 3.78. The van der Waals surface area contributed by atoms with E-state index in [9.17, 15) is 10.1 Å². The zero-order chi connectivity index (χ0) is 22.1. The molecule has 1 saturated heterocycles. The van der Waals surface area contributed by atoms with Crippen LogP contribution in [0.3, 0.4) is 0 Å². The van der Waals surface area contributed by atoms with E-state index < -0.39 is 0 Å². The van der Waals surface area contributed by atoms with Crippen molar-refractivity contribution in [2.24, 2.45) is 0 Å². The normalized spacial score (nSPS) is 14.0. The number of aromatic nitrogens is 3. The Balaban J connectivity index is 1.35. The van der Waals surface area contributed by atoms with Gasteiger partial charge in [-0.05, 0) is 47.9 Å². The van der Waals surface area contributed by atoms with Crippen LogP contribution in [0.4, 0.5) is 17.2 Å². The number of non-ortho nitro benzene ring substituents is 1. The van der Waals surface area contributed by atoms with E-state index in [2.05, 4.69) is 24.1 Å². The molecule has 1 aliphatic rings. The molecule has 0 aliphatic carbocycles. The van der Waals surface area contributed by atoms with Crippen molar-refractivity contribution in [1.29, 1.82) is 0 Å². The molecule has 0 amide bonds. The van der Waals surface area contributed by atoms with Gasteiger partial charge in [0.15, 0.2) is 5.82 Å². The molecule has 162 valence electrons. The molecule has 2 aromatic carbocycles. The minimum absolute atomic E-state index is 0.105. The van der Waals surface area contributed by atoms with Crippen LogP contribution in [0.2, 0.25) is 0 Å². The molecule has 0 unspecified atom stereocenters. The summed E-state index contributed by atoms with van der Waals surface area (Å²) in [7, 11) is 1.65. The lowest BCUT2D eigenvalue weighted by atomic mass is 10.1. The molecule has 0 radical (unpaired) electrons. The van der Waals surface area contributed by atoms with Crippen LogP contribution in [0.25, 0.3) is 21.5 Å². The van der Waals surface area contributed by atoms with Crippen molar-refractivity contribution in [3.63, 3.8) is 0 Å². The Morgan fingerprint density at radius 1 is 0.969 bits per heavy atom. The summed E-state index contributed by atoms with van der Waals surface area (Å²) in [6.45, 7) is 3.18. The average molecular weight is 449 g/mol. The molecule has 9 nitrogen and oxygen atoms in total. The van der Waals surface area contributed by atoms with Gasteiger partial charge in [-0.2, -0.15) is 4.37 Å². The molecule has 1 aliphatic heterocycles. The van der Waals surface area contributed by atoms with Gasteiger partial charge in [-0.3, -0.25) is 10.1 Å². The van der Waals surface area contributed by atoms with Crippen molar-refractivity contribution in [2.75, 3.05) is 43.1 Å². The van der Waals surface area contributed by atoms with Crippen LogP contribution >= 0.6 is 11.5 Å². The third-order valence-corrected chi connectivity index (χ3v) is 6.44. The molecular weight excluding hydrogens is 428 g/mol. The number of nitro benzene ring substituents is 1. The molecule has 2 aromatic heterocycles. The smallest absolute Gasteiger partial charge is 0.269 e. The third-order valence-electron chi connectivity index (χ3n) is 5.61. The number of nitro groups is 1. The maximum atomic E-state index is 10.9. The van der Waals surface area contributed by atoms with E-state index in [0.29, 0.717) is 0 Å². The van der Waals surface area contributed by atoms with Crippen LogP contribution in [0.1, 0.15) is 0 Å². The molecule has 0 spiro atoms. The molecule has 0 saturated carbocycles. The van der Waals surface area contributed by atoms with Crippen molar-refractivity contribution in [1.82, 2.24) is 14.3 Å². The number of nitrogens with zero attached hydrogens (tertiary/aromatic N) is 6. The van der Waals surface area contributed by atoms with Crippen molar-refractivity contribution in [3.05, 3.63) is 65.0 Å². The third kappa shape index (κ3) is 3.69. The topological polar surface area (TPSA) is 97.5 Å². The fourth-order valence-electron chi connectivity index (χ4n) is 3.88. The molecule has 0 bridgehead atoms. The summed E-state index contributed by atoms with van der Waals surface area (Å²) >= 11 is 1.42. The van der Waals surface area contributed by atoms with Gasteiger partial charge >= 0.3 is 0 Å². The molecule has 5 rings (SSSR count). The van der Waals surface area contributed by atoms with Crippen LogP contribution in [0, 0.1) is 10.1 Å². The first-order valence-corrected chi connectivity index (χ1v) is 10.9. The van der Waals surface area contributed by atoms with E-state index in [-0.39, 0.29) is 10.6 Å². The monoisotopic (exact) mass is 448 g/mol.